The number of hydrogen-bond acceptors (Lipinski definition) is 3. The first-order valence-electron chi connectivity index (χ1n) is 6.75. The molecule has 17 heavy (non-hydrogen) atoms. The lowest BCUT2D eigenvalue weighted by Gasteiger charge is -2.22. The van der Waals surface area contributed by atoms with Crippen molar-refractivity contribution in [3.8, 4) is 0 Å². The first-order valence-corrected chi connectivity index (χ1v) is 8.36. The molecule has 0 aromatic rings. The maximum Gasteiger partial charge on any atom is 0.215 e. The molecule has 1 saturated heterocycles. The minimum absolute atomic E-state index is 0.172. The van der Waals surface area contributed by atoms with E-state index in [1.807, 2.05) is 0 Å². The Morgan fingerprint density at radius 2 is 1.88 bits per heavy atom. The van der Waals surface area contributed by atoms with Crippen molar-refractivity contribution >= 4 is 10.0 Å². The molecule has 0 spiro atoms. The number of nitrogens with zero attached hydrogens (tertiary/aromatic N) is 1. The third-order valence-electron chi connectivity index (χ3n) is 4.04. The van der Waals surface area contributed by atoms with Crippen molar-refractivity contribution in [1.29, 1.82) is 0 Å². The zero-order valence-electron chi connectivity index (χ0n) is 10.7. The van der Waals surface area contributed by atoms with Crippen LogP contribution < -0.4 is 5.32 Å². The normalized spacial score (nSPS) is 27.1. The SMILES string of the molecule is CN(CC1CCCC1)S(=O)(=O)CC1CCCN1. The van der Waals surface area contributed by atoms with Crippen molar-refractivity contribution in [1.82, 2.24) is 9.62 Å². The molecule has 0 aromatic carbocycles. The first kappa shape index (κ1) is 13.3. The summed E-state index contributed by atoms with van der Waals surface area (Å²) in [6.45, 7) is 1.68. The van der Waals surface area contributed by atoms with Gasteiger partial charge in [0.1, 0.15) is 0 Å². The molecule has 1 aliphatic heterocycles. The van der Waals surface area contributed by atoms with E-state index in [1.54, 1.807) is 11.4 Å². The van der Waals surface area contributed by atoms with Crippen LogP contribution in [-0.2, 0) is 10.0 Å². The highest BCUT2D eigenvalue weighted by molar-refractivity contribution is 7.89. The topological polar surface area (TPSA) is 49.4 Å². The summed E-state index contributed by atoms with van der Waals surface area (Å²) in [5, 5.41) is 3.26. The molecular formula is C12H24N2O2S. The fraction of sp³-hybridized carbons (Fsp3) is 1.00. The van der Waals surface area contributed by atoms with E-state index in [-0.39, 0.29) is 11.8 Å². The largest absolute Gasteiger partial charge is 0.313 e. The van der Waals surface area contributed by atoms with Gasteiger partial charge in [-0.2, -0.15) is 0 Å². The van der Waals surface area contributed by atoms with Crippen molar-refractivity contribution < 1.29 is 8.42 Å². The molecule has 0 aromatic heterocycles. The lowest BCUT2D eigenvalue weighted by molar-refractivity contribution is 0.385. The van der Waals surface area contributed by atoms with E-state index < -0.39 is 10.0 Å². The number of nitrogens with one attached hydrogen (secondary N) is 1. The quantitative estimate of drug-likeness (QED) is 0.808. The summed E-state index contributed by atoms with van der Waals surface area (Å²) in [5.74, 6) is 0.863. The van der Waals surface area contributed by atoms with Crippen LogP contribution in [0.1, 0.15) is 38.5 Å². The second kappa shape index (κ2) is 5.67. The molecule has 2 fully saturated rings. The van der Waals surface area contributed by atoms with E-state index in [2.05, 4.69) is 5.32 Å². The van der Waals surface area contributed by atoms with Crippen molar-refractivity contribution in [2.24, 2.45) is 5.92 Å². The molecule has 1 unspecified atom stereocenters. The molecule has 1 aliphatic carbocycles. The molecule has 5 heteroatoms. The average Bonchev–Trinajstić information content (AvgIpc) is 2.90. The van der Waals surface area contributed by atoms with E-state index in [9.17, 15) is 8.42 Å². The third-order valence-corrected chi connectivity index (χ3v) is 5.96. The second-order valence-corrected chi connectivity index (χ2v) is 7.62. The standard InChI is InChI=1S/C12H24N2O2S/c1-14(9-11-5-2-3-6-11)17(15,16)10-12-7-4-8-13-12/h11-13H,2-10H2,1H3. The van der Waals surface area contributed by atoms with Crippen LogP contribution in [0, 0.1) is 5.92 Å². The summed E-state index contributed by atoms with van der Waals surface area (Å²) in [6, 6.07) is 0.172. The second-order valence-electron chi connectivity index (χ2n) is 5.50. The molecule has 1 N–H and O–H groups in total. The lowest BCUT2D eigenvalue weighted by atomic mass is 10.1. The van der Waals surface area contributed by atoms with Crippen LogP contribution >= 0.6 is 0 Å². The van der Waals surface area contributed by atoms with Gasteiger partial charge < -0.3 is 5.32 Å². The van der Waals surface area contributed by atoms with E-state index in [0.717, 1.165) is 25.9 Å². The zero-order valence-corrected chi connectivity index (χ0v) is 11.5. The van der Waals surface area contributed by atoms with E-state index in [0.29, 0.717) is 5.92 Å². The molecule has 0 bridgehead atoms. The number of sulfonamides is 1. The Morgan fingerprint density at radius 1 is 1.18 bits per heavy atom. The summed E-state index contributed by atoms with van der Waals surface area (Å²) in [6.07, 6.45) is 7.03. The van der Waals surface area contributed by atoms with Crippen molar-refractivity contribution in [3.63, 3.8) is 0 Å². The van der Waals surface area contributed by atoms with E-state index >= 15 is 0 Å². The van der Waals surface area contributed by atoms with Gasteiger partial charge >= 0.3 is 0 Å². The Kier molecular flexibility index (Phi) is 4.44. The van der Waals surface area contributed by atoms with E-state index in [1.165, 1.54) is 25.7 Å². The van der Waals surface area contributed by atoms with Crippen molar-refractivity contribution in [2.45, 2.75) is 44.6 Å². The first-order chi connectivity index (χ1) is 8.08. The summed E-state index contributed by atoms with van der Waals surface area (Å²) in [5.41, 5.74) is 0. The minimum atomic E-state index is -3.06. The van der Waals surface area contributed by atoms with Gasteiger partial charge in [-0.05, 0) is 38.1 Å². The molecular weight excluding hydrogens is 236 g/mol. The van der Waals surface area contributed by atoms with Gasteiger partial charge in [-0.25, -0.2) is 12.7 Å². The molecule has 0 amide bonds. The maximum atomic E-state index is 12.2. The summed E-state index contributed by atoms with van der Waals surface area (Å²) >= 11 is 0. The molecule has 1 saturated carbocycles. The minimum Gasteiger partial charge on any atom is -0.313 e. The van der Waals surface area contributed by atoms with Gasteiger partial charge in [0, 0.05) is 19.6 Å². The van der Waals surface area contributed by atoms with Crippen molar-refractivity contribution in [3.05, 3.63) is 0 Å². The molecule has 2 rings (SSSR count). The van der Waals surface area contributed by atoms with Gasteiger partial charge in [-0.15, -0.1) is 0 Å². The van der Waals surface area contributed by atoms with Crippen LogP contribution in [-0.4, -0.2) is 44.7 Å². The molecule has 2 aliphatic rings. The Morgan fingerprint density at radius 3 is 2.47 bits per heavy atom. The Balaban J connectivity index is 1.84. The summed E-state index contributed by atoms with van der Waals surface area (Å²) in [7, 11) is -1.32. The van der Waals surface area contributed by atoms with Crippen LogP contribution in [0.5, 0.6) is 0 Å². The highest BCUT2D eigenvalue weighted by Crippen LogP contribution is 2.26. The highest BCUT2D eigenvalue weighted by atomic mass is 32.2. The summed E-state index contributed by atoms with van der Waals surface area (Å²) < 4.78 is 25.9. The third kappa shape index (κ3) is 3.66. The van der Waals surface area contributed by atoms with Gasteiger partial charge in [-0.1, -0.05) is 12.8 Å². The number of hydrogen-bond donors (Lipinski definition) is 1. The van der Waals surface area contributed by atoms with Crippen LogP contribution in [0.25, 0.3) is 0 Å². The molecule has 100 valence electrons. The molecule has 0 radical (unpaired) electrons. The molecule has 1 atom stereocenters. The van der Waals surface area contributed by atoms with Crippen LogP contribution in [0.2, 0.25) is 0 Å². The monoisotopic (exact) mass is 260 g/mol. The van der Waals surface area contributed by atoms with Gasteiger partial charge in [0.15, 0.2) is 0 Å². The van der Waals surface area contributed by atoms with Gasteiger partial charge in [0.05, 0.1) is 5.75 Å². The van der Waals surface area contributed by atoms with Crippen molar-refractivity contribution in [2.75, 3.05) is 25.9 Å². The fourth-order valence-electron chi connectivity index (χ4n) is 2.95. The molecule has 4 nitrogen and oxygen atoms in total. The van der Waals surface area contributed by atoms with E-state index in [4.69, 9.17) is 0 Å². The van der Waals surface area contributed by atoms with Gasteiger partial charge in [0.25, 0.3) is 0 Å². The fourth-order valence-corrected chi connectivity index (χ4v) is 4.44. The summed E-state index contributed by atoms with van der Waals surface area (Å²) in [4.78, 5) is 0. The highest BCUT2D eigenvalue weighted by Gasteiger charge is 2.27. The number of rotatable bonds is 5. The zero-order chi connectivity index (χ0) is 12.3. The maximum absolute atomic E-state index is 12.2. The average molecular weight is 260 g/mol. The van der Waals surface area contributed by atoms with Crippen LogP contribution in [0.15, 0.2) is 0 Å². The van der Waals surface area contributed by atoms with Gasteiger partial charge in [-0.3, -0.25) is 0 Å². The predicted octanol–water partition coefficient (Wildman–Crippen LogP) is 1.19. The predicted molar refractivity (Wildman–Crippen MR) is 69.4 cm³/mol. The Labute approximate surface area is 105 Å². The Hall–Kier alpha value is -0.130. The smallest absolute Gasteiger partial charge is 0.215 e. The lowest BCUT2D eigenvalue weighted by Crippen LogP contribution is -2.39. The van der Waals surface area contributed by atoms with Crippen LogP contribution in [0.3, 0.4) is 0 Å². The van der Waals surface area contributed by atoms with Crippen LogP contribution in [0.4, 0.5) is 0 Å². The Bertz CT molecular complexity index is 330. The van der Waals surface area contributed by atoms with Gasteiger partial charge in [0.2, 0.25) is 10.0 Å². The molecule has 1 heterocycles.